The summed E-state index contributed by atoms with van der Waals surface area (Å²) in [6.07, 6.45) is 4.83. The van der Waals surface area contributed by atoms with E-state index >= 15 is 0 Å². The Morgan fingerprint density at radius 2 is 1.94 bits per heavy atom. The van der Waals surface area contributed by atoms with Crippen molar-refractivity contribution < 1.29 is 14.3 Å². The highest BCUT2D eigenvalue weighted by Crippen LogP contribution is 2.23. The maximum absolute atomic E-state index is 11.6. The first-order valence-electron chi connectivity index (χ1n) is 6.70. The lowest BCUT2D eigenvalue weighted by Gasteiger charge is -2.30. The topological polar surface area (TPSA) is 47.6 Å². The summed E-state index contributed by atoms with van der Waals surface area (Å²) in [6.45, 7) is 4.20. The summed E-state index contributed by atoms with van der Waals surface area (Å²) in [6, 6.07) is 0.609. The van der Waals surface area contributed by atoms with Crippen LogP contribution in [-0.2, 0) is 14.3 Å². The summed E-state index contributed by atoms with van der Waals surface area (Å²) in [5, 5.41) is 3.29. The van der Waals surface area contributed by atoms with Crippen molar-refractivity contribution in [2.45, 2.75) is 64.2 Å². The van der Waals surface area contributed by atoms with Crippen molar-refractivity contribution in [3.8, 4) is 0 Å². The molecule has 0 aromatic heterocycles. The number of rotatable bonds is 6. The van der Waals surface area contributed by atoms with Crippen molar-refractivity contribution in [3.05, 3.63) is 0 Å². The molecule has 0 aromatic carbocycles. The second-order valence-electron chi connectivity index (χ2n) is 4.55. The van der Waals surface area contributed by atoms with Gasteiger partial charge in [0.15, 0.2) is 6.10 Å². The van der Waals surface area contributed by atoms with Gasteiger partial charge in [0.2, 0.25) is 0 Å². The summed E-state index contributed by atoms with van der Waals surface area (Å²) in [4.78, 5) is 11.6. The molecule has 17 heavy (non-hydrogen) atoms. The van der Waals surface area contributed by atoms with Gasteiger partial charge in [-0.15, -0.1) is 0 Å². The highest BCUT2D eigenvalue weighted by atomic mass is 16.6. The van der Waals surface area contributed by atoms with Gasteiger partial charge < -0.3 is 14.8 Å². The predicted molar refractivity (Wildman–Crippen MR) is 66.9 cm³/mol. The molecular formula is C13H25NO3. The quantitative estimate of drug-likeness (QED) is 0.724. The SMILES string of the molecule is CCOC(=O)C(CC)OC1CCC(NC)CC1. The molecule has 0 radical (unpaired) electrons. The normalized spacial score (nSPS) is 26.5. The second-order valence-corrected chi connectivity index (χ2v) is 4.55. The molecule has 1 saturated carbocycles. The second kappa shape index (κ2) is 7.67. The molecule has 1 N–H and O–H groups in total. The maximum atomic E-state index is 11.6. The van der Waals surface area contributed by atoms with Gasteiger partial charge in [0.05, 0.1) is 12.7 Å². The number of hydrogen-bond donors (Lipinski definition) is 1. The third-order valence-corrected chi connectivity index (χ3v) is 3.36. The molecule has 0 aliphatic heterocycles. The molecule has 4 heteroatoms. The molecule has 4 nitrogen and oxygen atoms in total. The van der Waals surface area contributed by atoms with Gasteiger partial charge in [-0.2, -0.15) is 0 Å². The Labute approximate surface area is 104 Å². The molecule has 1 aliphatic carbocycles. The summed E-state index contributed by atoms with van der Waals surface area (Å²) in [5.74, 6) is -0.217. The third-order valence-electron chi connectivity index (χ3n) is 3.36. The van der Waals surface area contributed by atoms with Crippen molar-refractivity contribution in [2.75, 3.05) is 13.7 Å². The Morgan fingerprint density at radius 1 is 1.29 bits per heavy atom. The number of esters is 1. The Bertz CT molecular complexity index is 225. The van der Waals surface area contributed by atoms with E-state index in [1.165, 1.54) is 0 Å². The zero-order valence-electron chi connectivity index (χ0n) is 11.2. The number of nitrogens with one attached hydrogen (secondary N) is 1. The highest BCUT2D eigenvalue weighted by Gasteiger charge is 2.26. The summed E-state index contributed by atoms with van der Waals surface area (Å²) in [7, 11) is 2.00. The van der Waals surface area contributed by atoms with Crippen molar-refractivity contribution in [2.24, 2.45) is 0 Å². The van der Waals surface area contributed by atoms with Crippen molar-refractivity contribution in [1.82, 2.24) is 5.32 Å². The van der Waals surface area contributed by atoms with Gasteiger partial charge in [0, 0.05) is 6.04 Å². The van der Waals surface area contributed by atoms with Crippen LogP contribution in [0, 0.1) is 0 Å². The Kier molecular flexibility index (Phi) is 6.52. The molecule has 1 unspecified atom stereocenters. The Morgan fingerprint density at radius 3 is 2.41 bits per heavy atom. The molecular weight excluding hydrogens is 218 g/mol. The summed E-state index contributed by atoms with van der Waals surface area (Å²) >= 11 is 0. The molecule has 100 valence electrons. The van der Waals surface area contributed by atoms with Crippen LogP contribution in [0.4, 0.5) is 0 Å². The molecule has 1 fully saturated rings. The van der Waals surface area contributed by atoms with E-state index in [1.54, 1.807) is 0 Å². The number of hydrogen-bond acceptors (Lipinski definition) is 4. The van der Waals surface area contributed by atoms with Crippen LogP contribution in [0.3, 0.4) is 0 Å². The fourth-order valence-corrected chi connectivity index (χ4v) is 2.27. The first-order chi connectivity index (χ1) is 8.21. The first kappa shape index (κ1) is 14.5. The number of carbonyl (C=O) groups is 1. The highest BCUT2D eigenvalue weighted by molar-refractivity contribution is 5.74. The third kappa shape index (κ3) is 4.64. The molecule has 1 rings (SSSR count). The molecule has 0 amide bonds. The van der Waals surface area contributed by atoms with Crippen LogP contribution in [0.15, 0.2) is 0 Å². The van der Waals surface area contributed by atoms with E-state index in [9.17, 15) is 4.79 Å². The zero-order chi connectivity index (χ0) is 12.7. The summed E-state index contributed by atoms with van der Waals surface area (Å²) in [5.41, 5.74) is 0. The minimum Gasteiger partial charge on any atom is -0.464 e. The van der Waals surface area contributed by atoms with E-state index in [1.807, 2.05) is 20.9 Å². The molecule has 1 aliphatic rings. The Balaban J connectivity index is 2.34. The Hall–Kier alpha value is -0.610. The number of ether oxygens (including phenoxy) is 2. The van der Waals surface area contributed by atoms with Crippen LogP contribution < -0.4 is 5.32 Å². The van der Waals surface area contributed by atoms with Gasteiger partial charge >= 0.3 is 5.97 Å². The van der Waals surface area contributed by atoms with Crippen molar-refractivity contribution >= 4 is 5.97 Å². The van der Waals surface area contributed by atoms with E-state index in [2.05, 4.69) is 5.32 Å². The van der Waals surface area contributed by atoms with Crippen LogP contribution in [0.5, 0.6) is 0 Å². The molecule has 0 heterocycles. The molecule has 0 bridgehead atoms. The van der Waals surface area contributed by atoms with Gasteiger partial charge in [-0.25, -0.2) is 4.79 Å². The number of carbonyl (C=O) groups excluding carboxylic acids is 1. The van der Waals surface area contributed by atoms with E-state index < -0.39 is 0 Å². The average Bonchev–Trinajstić information content (AvgIpc) is 2.37. The standard InChI is InChI=1S/C13H25NO3/c1-4-12(13(15)16-5-2)17-11-8-6-10(14-3)7-9-11/h10-12,14H,4-9H2,1-3H3. The molecule has 0 saturated heterocycles. The minimum absolute atomic E-state index is 0.217. The van der Waals surface area contributed by atoms with E-state index in [0.29, 0.717) is 19.1 Å². The maximum Gasteiger partial charge on any atom is 0.335 e. The lowest BCUT2D eigenvalue weighted by molar-refractivity contribution is -0.162. The first-order valence-corrected chi connectivity index (χ1v) is 6.70. The van der Waals surface area contributed by atoms with Gasteiger partial charge in [0.25, 0.3) is 0 Å². The van der Waals surface area contributed by atoms with Crippen LogP contribution in [0.2, 0.25) is 0 Å². The average molecular weight is 243 g/mol. The van der Waals surface area contributed by atoms with E-state index in [4.69, 9.17) is 9.47 Å². The van der Waals surface area contributed by atoms with Crippen molar-refractivity contribution in [3.63, 3.8) is 0 Å². The zero-order valence-corrected chi connectivity index (χ0v) is 11.2. The smallest absolute Gasteiger partial charge is 0.335 e. The molecule has 1 atom stereocenters. The lowest BCUT2D eigenvalue weighted by Crippen LogP contribution is -2.36. The van der Waals surface area contributed by atoms with Gasteiger partial charge in [-0.3, -0.25) is 0 Å². The van der Waals surface area contributed by atoms with Crippen molar-refractivity contribution in [1.29, 1.82) is 0 Å². The van der Waals surface area contributed by atoms with Gasteiger partial charge in [0.1, 0.15) is 0 Å². The fraction of sp³-hybridized carbons (Fsp3) is 0.923. The monoisotopic (exact) mass is 243 g/mol. The van der Waals surface area contributed by atoms with Gasteiger partial charge in [-0.1, -0.05) is 6.92 Å². The van der Waals surface area contributed by atoms with Gasteiger partial charge in [-0.05, 0) is 46.1 Å². The summed E-state index contributed by atoms with van der Waals surface area (Å²) < 4.78 is 10.8. The van der Waals surface area contributed by atoms with Crippen LogP contribution in [0.1, 0.15) is 46.0 Å². The fourth-order valence-electron chi connectivity index (χ4n) is 2.27. The van der Waals surface area contributed by atoms with Crippen LogP contribution in [0.25, 0.3) is 0 Å². The van der Waals surface area contributed by atoms with E-state index in [0.717, 1.165) is 25.7 Å². The minimum atomic E-state index is -0.383. The van der Waals surface area contributed by atoms with Crippen LogP contribution >= 0.6 is 0 Å². The predicted octanol–water partition coefficient (Wildman–Crippen LogP) is 1.88. The molecule has 0 aromatic rings. The lowest BCUT2D eigenvalue weighted by atomic mass is 9.93. The van der Waals surface area contributed by atoms with E-state index in [-0.39, 0.29) is 18.2 Å². The molecule has 0 spiro atoms. The largest absolute Gasteiger partial charge is 0.464 e. The van der Waals surface area contributed by atoms with Crippen LogP contribution in [-0.4, -0.2) is 37.9 Å².